The third kappa shape index (κ3) is 5.14. The highest BCUT2D eigenvalue weighted by molar-refractivity contribution is 5.85. The summed E-state index contributed by atoms with van der Waals surface area (Å²) < 4.78 is 0. The molecule has 0 aromatic carbocycles. The van der Waals surface area contributed by atoms with E-state index in [0.29, 0.717) is 13.0 Å². The molecule has 0 aromatic heterocycles. The van der Waals surface area contributed by atoms with Crippen molar-refractivity contribution in [2.75, 3.05) is 26.7 Å². The molecule has 4 nitrogen and oxygen atoms in total. The molecule has 2 atom stereocenters. The van der Waals surface area contributed by atoms with Crippen LogP contribution in [0.25, 0.3) is 0 Å². The van der Waals surface area contributed by atoms with Gasteiger partial charge >= 0.3 is 0 Å². The van der Waals surface area contributed by atoms with E-state index in [1.807, 2.05) is 7.05 Å². The Morgan fingerprint density at radius 2 is 2.31 bits per heavy atom. The molecule has 0 bridgehead atoms. The Kier molecular flexibility index (Phi) is 7.72. The van der Waals surface area contributed by atoms with Crippen LogP contribution in [0.5, 0.6) is 0 Å². The summed E-state index contributed by atoms with van der Waals surface area (Å²) in [5.41, 5.74) is 0. The third-order valence-electron chi connectivity index (χ3n) is 2.90. The lowest BCUT2D eigenvalue weighted by Gasteiger charge is -2.27. The van der Waals surface area contributed by atoms with Crippen molar-refractivity contribution in [1.29, 1.82) is 0 Å². The van der Waals surface area contributed by atoms with Gasteiger partial charge in [-0.1, -0.05) is 0 Å². The Morgan fingerprint density at radius 1 is 1.62 bits per heavy atom. The molecule has 1 saturated heterocycles. The van der Waals surface area contributed by atoms with Crippen LogP contribution in [0.2, 0.25) is 0 Å². The van der Waals surface area contributed by atoms with E-state index in [1.54, 1.807) is 11.8 Å². The quantitative estimate of drug-likeness (QED) is 0.770. The molecule has 1 amide bonds. The molecule has 0 spiro atoms. The lowest BCUT2D eigenvalue weighted by atomic mass is 9.98. The molecule has 5 heteroatoms. The first-order valence-corrected chi connectivity index (χ1v) is 5.75. The fraction of sp³-hybridized carbons (Fsp3) is 0.909. The lowest BCUT2D eigenvalue weighted by molar-refractivity contribution is -0.134. The van der Waals surface area contributed by atoms with E-state index in [9.17, 15) is 4.79 Å². The number of carbonyl (C=O) groups excluding carboxylic acids is 1. The Labute approximate surface area is 104 Å². The van der Waals surface area contributed by atoms with E-state index in [2.05, 4.69) is 5.32 Å². The highest BCUT2D eigenvalue weighted by Gasteiger charge is 2.23. The van der Waals surface area contributed by atoms with E-state index < -0.39 is 0 Å². The van der Waals surface area contributed by atoms with Crippen LogP contribution in [0, 0.1) is 5.92 Å². The molecule has 1 rings (SSSR count). The van der Waals surface area contributed by atoms with Crippen molar-refractivity contribution in [3.8, 4) is 0 Å². The average molecular weight is 251 g/mol. The Balaban J connectivity index is 0.00000225. The summed E-state index contributed by atoms with van der Waals surface area (Å²) in [5.74, 6) is 0.348. The zero-order chi connectivity index (χ0) is 11.3. The molecule has 1 heterocycles. The standard InChI is InChI=1S/C11H22N2O2.ClH/c1-9(14)5-7-13(2)11(15)10-4-3-6-12-8-10;/h9-10,12,14H,3-8H2,1-2H3;1H. The first-order valence-electron chi connectivity index (χ1n) is 5.75. The number of amides is 1. The second kappa shape index (κ2) is 7.87. The van der Waals surface area contributed by atoms with Gasteiger partial charge in [0.1, 0.15) is 0 Å². The predicted octanol–water partition coefficient (Wildman–Crippen LogP) is 0.637. The molecule has 0 aromatic rings. The fourth-order valence-electron chi connectivity index (χ4n) is 1.86. The van der Waals surface area contributed by atoms with Gasteiger partial charge in [-0.15, -0.1) is 12.4 Å². The summed E-state index contributed by atoms with van der Waals surface area (Å²) in [6.07, 6.45) is 2.40. The highest BCUT2D eigenvalue weighted by Crippen LogP contribution is 2.12. The number of halogens is 1. The second-order valence-corrected chi connectivity index (χ2v) is 4.44. The number of carbonyl (C=O) groups is 1. The van der Waals surface area contributed by atoms with Gasteiger partial charge in [0, 0.05) is 20.1 Å². The van der Waals surface area contributed by atoms with Crippen molar-refractivity contribution in [2.45, 2.75) is 32.3 Å². The first kappa shape index (κ1) is 15.7. The number of nitrogens with zero attached hydrogens (tertiary/aromatic N) is 1. The number of hydrogen-bond donors (Lipinski definition) is 2. The highest BCUT2D eigenvalue weighted by atomic mass is 35.5. The number of nitrogens with one attached hydrogen (secondary N) is 1. The summed E-state index contributed by atoms with van der Waals surface area (Å²) in [6, 6.07) is 0. The van der Waals surface area contributed by atoms with Gasteiger partial charge in [0.2, 0.25) is 5.91 Å². The summed E-state index contributed by atoms with van der Waals surface area (Å²) >= 11 is 0. The Hall–Kier alpha value is -0.320. The average Bonchev–Trinajstić information content (AvgIpc) is 2.26. The van der Waals surface area contributed by atoms with E-state index in [1.165, 1.54) is 0 Å². The maximum absolute atomic E-state index is 11.9. The molecule has 1 aliphatic heterocycles. The van der Waals surface area contributed by atoms with E-state index in [0.717, 1.165) is 25.9 Å². The second-order valence-electron chi connectivity index (χ2n) is 4.44. The molecule has 1 fully saturated rings. The molecule has 0 aliphatic carbocycles. The number of piperidine rings is 1. The molecule has 2 N–H and O–H groups in total. The van der Waals surface area contributed by atoms with Gasteiger partial charge in [0.05, 0.1) is 12.0 Å². The molecule has 16 heavy (non-hydrogen) atoms. The van der Waals surface area contributed by atoms with Crippen molar-refractivity contribution in [1.82, 2.24) is 10.2 Å². The zero-order valence-electron chi connectivity index (χ0n) is 10.1. The maximum Gasteiger partial charge on any atom is 0.226 e. The minimum absolute atomic E-state index is 0. The van der Waals surface area contributed by atoms with Crippen molar-refractivity contribution in [3.63, 3.8) is 0 Å². The van der Waals surface area contributed by atoms with Crippen LogP contribution in [0.3, 0.4) is 0 Å². The van der Waals surface area contributed by atoms with Crippen LogP contribution in [0.4, 0.5) is 0 Å². The van der Waals surface area contributed by atoms with Crippen molar-refractivity contribution in [2.24, 2.45) is 5.92 Å². The summed E-state index contributed by atoms with van der Waals surface area (Å²) in [5, 5.41) is 12.4. The van der Waals surface area contributed by atoms with Crippen LogP contribution < -0.4 is 5.32 Å². The predicted molar refractivity (Wildman–Crippen MR) is 66.8 cm³/mol. The van der Waals surface area contributed by atoms with Gasteiger partial charge in [-0.3, -0.25) is 4.79 Å². The van der Waals surface area contributed by atoms with Crippen molar-refractivity contribution >= 4 is 18.3 Å². The van der Waals surface area contributed by atoms with Gasteiger partial charge in [-0.05, 0) is 32.7 Å². The lowest BCUT2D eigenvalue weighted by Crippen LogP contribution is -2.42. The van der Waals surface area contributed by atoms with Crippen LogP contribution >= 0.6 is 12.4 Å². The maximum atomic E-state index is 11.9. The summed E-state index contributed by atoms with van der Waals surface area (Å²) in [6.45, 7) is 4.23. The Bertz CT molecular complexity index is 206. The number of aliphatic hydroxyl groups excluding tert-OH is 1. The topological polar surface area (TPSA) is 52.6 Å². The van der Waals surface area contributed by atoms with Crippen LogP contribution in [-0.2, 0) is 4.79 Å². The molecular weight excluding hydrogens is 228 g/mol. The van der Waals surface area contributed by atoms with Crippen LogP contribution in [-0.4, -0.2) is 48.7 Å². The minimum atomic E-state index is -0.329. The van der Waals surface area contributed by atoms with Gasteiger partial charge in [-0.2, -0.15) is 0 Å². The number of aliphatic hydroxyl groups is 1. The smallest absolute Gasteiger partial charge is 0.226 e. The van der Waals surface area contributed by atoms with E-state index in [4.69, 9.17) is 5.11 Å². The number of rotatable bonds is 4. The SMILES string of the molecule is CC(O)CCN(C)C(=O)C1CCCNC1.Cl. The largest absolute Gasteiger partial charge is 0.393 e. The monoisotopic (exact) mass is 250 g/mol. The number of hydrogen-bond acceptors (Lipinski definition) is 3. The van der Waals surface area contributed by atoms with E-state index >= 15 is 0 Å². The molecule has 1 aliphatic rings. The van der Waals surface area contributed by atoms with Gasteiger partial charge in [-0.25, -0.2) is 0 Å². The van der Waals surface area contributed by atoms with Crippen LogP contribution in [0.1, 0.15) is 26.2 Å². The normalized spacial score (nSPS) is 22.1. The summed E-state index contributed by atoms with van der Waals surface area (Å²) in [7, 11) is 1.82. The third-order valence-corrected chi connectivity index (χ3v) is 2.90. The molecule has 96 valence electrons. The van der Waals surface area contributed by atoms with Crippen LogP contribution in [0.15, 0.2) is 0 Å². The van der Waals surface area contributed by atoms with Gasteiger partial charge in [0.15, 0.2) is 0 Å². The molecule has 2 unspecified atom stereocenters. The van der Waals surface area contributed by atoms with E-state index in [-0.39, 0.29) is 30.3 Å². The van der Waals surface area contributed by atoms with Crippen molar-refractivity contribution < 1.29 is 9.90 Å². The van der Waals surface area contributed by atoms with Gasteiger partial charge in [0.25, 0.3) is 0 Å². The van der Waals surface area contributed by atoms with Gasteiger partial charge < -0.3 is 15.3 Å². The van der Waals surface area contributed by atoms with Crippen molar-refractivity contribution in [3.05, 3.63) is 0 Å². The first-order chi connectivity index (χ1) is 7.11. The zero-order valence-corrected chi connectivity index (χ0v) is 10.9. The molecule has 0 radical (unpaired) electrons. The Morgan fingerprint density at radius 3 is 2.81 bits per heavy atom. The molecular formula is C11H23ClN2O2. The molecule has 0 saturated carbocycles. The minimum Gasteiger partial charge on any atom is -0.393 e. The fourth-order valence-corrected chi connectivity index (χ4v) is 1.86. The summed E-state index contributed by atoms with van der Waals surface area (Å²) in [4.78, 5) is 13.7.